The maximum Gasteiger partial charge on any atom is 0.227 e. The molecule has 5 heteroatoms. The fourth-order valence-corrected chi connectivity index (χ4v) is 4.39. The van der Waals surface area contributed by atoms with Crippen LogP contribution in [0.4, 0.5) is 10.1 Å². The lowest BCUT2D eigenvalue weighted by atomic mass is 10.1. The Labute approximate surface area is 166 Å². The molecule has 2 aliphatic rings. The smallest absolute Gasteiger partial charge is 0.227 e. The van der Waals surface area contributed by atoms with Gasteiger partial charge in [0.1, 0.15) is 5.82 Å². The van der Waals surface area contributed by atoms with Crippen molar-refractivity contribution in [1.29, 1.82) is 0 Å². The molecule has 4 rings (SSSR count). The predicted molar refractivity (Wildman–Crippen MR) is 110 cm³/mol. The summed E-state index contributed by atoms with van der Waals surface area (Å²) in [5.41, 5.74) is 2.04. The van der Waals surface area contributed by atoms with Crippen molar-refractivity contribution >= 4 is 11.6 Å². The van der Waals surface area contributed by atoms with Crippen LogP contribution in [0.3, 0.4) is 0 Å². The first-order chi connectivity index (χ1) is 13.7. The van der Waals surface area contributed by atoms with Crippen molar-refractivity contribution in [2.45, 2.75) is 19.4 Å². The number of carbonyl (C=O) groups excluding carboxylic acids is 1. The van der Waals surface area contributed by atoms with E-state index in [0.717, 1.165) is 63.5 Å². The second-order valence-electron chi connectivity index (χ2n) is 7.97. The molecular weight excluding hydrogens is 353 g/mol. The summed E-state index contributed by atoms with van der Waals surface area (Å²) < 4.78 is 13.4. The highest BCUT2D eigenvalue weighted by Gasteiger charge is 2.32. The Hall–Kier alpha value is -2.24. The molecule has 148 valence electrons. The molecule has 2 fully saturated rings. The largest absolute Gasteiger partial charge is 0.312 e. The normalized spacial score (nSPS) is 21.8. The fourth-order valence-electron chi connectivity index (χ4n) is 4.39. The van der Waals surface area contributed by atoms with E-state index >= 15 is 0 Å². The number of halogens is 1. The van der Waals surface area contributed by atoms with Crippen molar-refractivity contribution in [1.82, 2.24) is 9.80 Å². The zero-order valence-corrected chi connectivity index (χ0v) is 16.3. The molecule has 2 aromatic carbocycles. The van der Waals surface area contributed by atoms with Gasteiger partial charge in [0, 0.05) is 44.8 Å². The number of amides is 1. The van der Waals surface area contributed by atoms with E-state index in [1.165, 1.54) is 6.07 Å². The highest BCUT2D eigenvalue weighted by Crippen LogP contribution is 2.25. The number of nitrogens with zero attached hydrogens (tertiary/aromatic N) is 3. The van der Waals surface area contributed by atoms with E-state index in [1.807, 2.05) is 41.3 Å². The second-order valence-corrected chi connectivity index (χ2v) is 7.97. The van der Waals surface area contributed by atoms with Gasteiger partial charge in [-0.15, -0.1) is 0 Å². The van der Waals surface area contributed by atoms with E-state index in [9.17, 15) is 9.18 Å². The van der Waals surface area contributed by atoms with Gasteiger partial charge in [0.2, 0.25) is 5.91 Å². The van der Waals surface area contributed by atoms with Gasteiger partial charge in [-0.1, -0.05) is 30.3 Å². The summed E-state index contributed by atoms with van der Waals surface area (Å²) in [7, 11) is 0. The summed E-state index contributed by atoms with van der Waals surface area (Å²) in [6.07, 6.45) is 1.75. The zero-order valence-electron chi connectivity index (χ0n) is 16.3. The summed E-state index contributed by atoms with van der Waals surface area (Å²) >= 11 is 0. The lowest BCUT2D eigenvalue weighted by Crippen LogP contribution is -2.34. The lowest BCUT2D eigenvalue weighted by Gasteiger charge is -2.24. The highest BCUT2D eigenvalue weighted by molar-refractivity contribution is 5.95. The Bertz CT molecular complexity index is 797. The Kier molecular flexibility index (Phi) is 6.03. The maximum absolute atomic E-state index is 13.4. The first-order valence-electron chi connectivity index (χ1n) is 10.2. The van der Waals surface area contributed by atoms with Crippen molar-refractivity contribution in [2.24, 2.45) is 5.92 Å². The van der Waals surface area contributed by atoms with Crippen molar-refractivity contribution in [3.05, 3.63) is 66.0 Å². The van der Waals surface area contributed by atoms with Gasteiger partial charge in [0.25, 0.3) is 0 Å². The van der Waals surface area contributed by atoms with Crippen LogP contribution in [0.2, 0.25) is 0 Å². The van der Waals surface area contributed by atoms with Crippen molar-refractivity contribution in [2.75, 3.05) is 44.2 Å². The summed E-state index contributed by atoms with van der Waals surface area (Å²) in [5, 5.41) is 0. The molecule has 2 aromatic rings. The molecule has 2 aliphatic heterocycles. The van der Waals surface area contributed by atoms with Gasteiger partial charge in [-0.25, -0.2) is 4.39 Å². The third-order valence-corrected chi connectivity index (χ3v) is 5.77. The van der Waals surface area contributed by atoms with E-state index in [4.69, 9.17) is 0 Å². The minimum Gasteiger partial charge on any atom is -0.312 e. The van der Waals surface area contributed by atoms with E-state index in [0.29, 0.717) is 12.3 Å². The molecule has 0 spiro atoms. The maximum atomic E-state index is 13.4. The molecule has 2 heterocycles. The van der Waals surface area contributed by atoms with Crippen LogP contribution >= 0.6 is 0 Å². The minimum absolute atomic E-state index is 0.164. The molecule has 0 saturated carbocycles. The standard InChI is InChI=1S/C23H28FN3O/c24-21-7-4-6-19(14-21)16-25-10-5-11-26(13-12-25)17-20-15-23(28)27(18-20)22-8-2-1-3-9-22/h1-4,6-9,14,20H,5,10-13,15-18H2. The highest BCUT2D eigenvalue weighted by atomic mass is 19.1. The summed E-state index contributed by atoms with van der Waals surface area (Å²) in [6, 6.07) is 16.9. The molecular formula is C23H28FN3O. The van der Waals surface area contributed by atoms with E-state index in [1.54, 1.807) is 12.1 Å². The van der Waals surface area contributed by atoms with Crippen LogP contribution in [-0.4, -0.2) is 55.0 Å². The number of carbonyl (C=O) groups is 1. The number of anilines is 1. The van der Waals surface area contributed by atoms with Crippen molar-refractivity contribution in [3.63, 3.8) is 0 Å². The lowest BCUT2D eigenvalue weighted by molar-refractivity contribution is -0.117. The Morgan fingerprint density at radius 3 is 2.54 bits per heavy atom. The predicted octanol–water partition coefficient (Wildman–Crippen LogP) is 3.39. The molecule has 28 heavy (non-hydrogen) atoms. The second kappa shape index (κ2) is 8.84. The van der Waals surface area contributed by atoms with Crippen LogP contribution in [0.1, 0.15) is 18.4 Å². The van der Waals surface area contributed by atoms with E-state index in [2.05, 4.69) is 9.80 Å². The van der Waals surface area contributed by atoms with Gasteiger partial charge in [-0.3, -0.25) is 9.69 Å². The summed E-state index contributed by atoms with van der Waals surface area (Å²) in [4.78, 5) is 19.3. The van der Waals surface area contributed by atoms with Gasteiger partial charge in [-0.05, 0) is 55.3 Å². The number of benzene rings is 2. The van der Waals surface area contributed by atoms with Crippen LogP contribution in [0, 0.1) is 11.7 Å². The van der Waals surface area contributed by atoms with Crippen molar-refractivity contribution in [3.8, 4) is 0 Å². The van der Waals surface area contributed by atoms with Crippen LogP contribution < -0.4 is 4.90 Å². The molecule has 0 aliphatic carbocycles. The average Bonchev–Trinajstić information content (AvgIpc) is 2.91. The van der Waals surface area contributed by atoms with Crippen LogP contribution in [0.15, 0.2) is 54.6 Å². The Balaban J connectivity index is 1.29. The Morgan fingerprint density at radius 2 is 1.71 bits per heavy atom. The number of para-hydroxylation sites is 1. The van der Waals surface area contributed by atoms with Gasteiger partial charge in [0.15, 0.2) is 0 Å². The first kappa shape index (κ1) is 19.1. The number of rotatable bonds is 5. The van der Waals surface area contributed by atoms with E-state index < -0.39 is 0 Å². The monoisotopic (exact) mass is 381 g/mol. The molecule has 0 N–H and O–H groups in total. The quantitative estimate of drug-likeness (QED) is 0.794. The zero-order chi connectivity index (χ0) is 19.3. The van der Waals surface area contributed by atoms with Gasteiger partial charge in [-0.2, -0.15) is 0 Å². The minimum atomic E-state index is -0.164. The third-order valence-electron chi connectivity index (χ3n) is 5.77. The van der Waals surface area contributed by atoms with E-state index in [-0.39, 0.29) is 11.7 Å². The number of hydrogen-bond acceptors (Lipinski definition) is 3. The fraction of sp³-hybridized carbons (Fsp3) is 0.435. The van der Waals surface area contributed by atoms with Crippen LogP contribution in [0.5, 0.6) is 0 Å². The number of hydrogen-bond donors (Lipinski definition) is 0. The molecule has 4 nitrogen and oxygen atoms in total. The molecule has 0 aromatic heterocycles. The molecule has 1 atom stereocenters. The van der Waals surface area contributed by atoms with Gasteiger partial charge >= 0.3 is 0 Å². The molecule has 0 radical (unpaired) electrons. The first-order valence-corrected chi connectivity index (χ1v) is 10.2. The molecule has 2 saturated heterocycles. The molecule has 1 amide bonds. The summed E-state index contributed by atoms with van der Waals surface area (Å²) in [6.45, 7) is 6.68. The topological polar surface area (TPSA) is 26.8 Å². The van der Waals surface area contributed by atoms with Gasteiger partial charge < -0.3 is 9.80 Å². The van der Waals surface area contributed by atoms with Gasteiger partial charge in [0.05, 0.1) is 0 Å². The Morgan fingerprint density at radius 1 is 0.929 bits per heavy atom. The SMILES string of the molecule is O=C1CC(CN2CCCN(Cc3cccc(F)c3)CC2)CN1c1ccccc1. The molecule has 0 bridgehead atoms. The van der Waals surface area contributed by atoms with Crippen LogP contribution in [0.25, 0.3) is 0 Å². The average molecular weight is 381 g/mol. The summed E-state index contributed by atoms with van der Waals surface area (Å²) in [5.74, 6) is 0.462. The third kappa shape index (κ3) is 4.78. The van der Waals surface area contributed by atoms with Crippen molar-refractivity contribution < 1.29 is 9.18 Å². The van der Waals surface area contributed by atoms with Crippen LogP contribution in [-0.2, 0) is 11.3 Å². The molecule has 1 unspecified atom stereocenters.